The van der Waals surface area contributed by atoms with Gasteiger partial charge in [-0.05, 0) is 41.5 Å². The zero-order chi connectivity index (χ0) is 24.0. The highest BCUT2D eigenvalue weighted by atomic mass is 35.5. The van der Waals surface area contributed by atoms with Gasteiger partial charge in [-0.3, -0.25) is 0 Å². The Labute approximate surface area is 213 Å². The second-order valence-electron chi connectivity index (χ2n) is 7.81. The van der Waals surface area contributed by atoms with Gasteiger partial charge in [-0.1, -0.05) is 65.7 Å². The average molecular weight is 502 g/mol. The summed E-state index contributed by atoms with van der Waals surface area (Å²) >= 11 is 12.6. The van der Waals surface area contributed by atoms with Gasteiger partial charge in [0.05, 0.1) is 17.6 Å². The molecule has 0 saturated carbocycles. The summed E-state index contributed by atoms with van der Waals surface area (Å²) in [7, 11) is 0. The minimum Gasteiger partial charge on any atom is -0.489 e. The third-order valence-corrected chi connectivity index (χ3v) is 6.01. The number of benzene rings is 3. The van der Waals surface area contributed by atoms with Gasteiger partial charge >= 0.3 is 0 Å². The van der Waals surface area contributed by atoms with Gasteiger partial charge in [-0.2, -0.15) is 0 Å². The van der Waals surface area contributed by atoms with Crippen LogP contribution in [0.5, 0.6) is 5.75 Å². The molecule has 5 rings (SSSR count). The van der Waals surface area contributed by atoms with Crippen molar-refractivity contribution in [1.82, 2.24) is 19.9 Å². The van der Waals surface area contributed by atoms with Crippen LogP contribution in [-0.2, 0) is 13.0 Å². The highest BCUT2D eigenvalue weighted by Crippen LogP contribution is 2.27. The number of anilines is 2. The van der Waals surface area contributed by atoms with Crippen molar-refractivity contribution in [3.63, 3.8) is 0 Å². The third kappa shape index (κ3) is 5.80. The van der Waals surface area contributed by atoms with Crippen LogP contribution in [0.1, 0.15) is 17.0 Å². The van der Waals surface area contributed by atoms with E-state index in [-0.39, 0.29) is 0 Å². The highest BCUT2D eigenvalue weighted by Gasteiger charge is 2.11. The van der Waals surface area contributed by atoms with Crippen LogP contribution in [0.3, 0.4) is 0 Å². The van der Waals surface area contributed by atoms with E-state index < -0.39 is 0 Å². The van der Waals surface area contributed by atoms with E-state index in [2.05, 4.69) is 25.3 Å². The zero-order valence-electron chi connectivity index (χ0n) is 18.6. The Hall–Kier alpha value is -3.87. The molecule has 3 aromatic carbocycles. The van der Waals surface area contributed by atoms with E-state index in [9.17, 15) is 0 Å². The van der Waals surface area contributed by atoms with E-state index in [0.717, 1.165) is 34.1 Å². The number of nitrogens with zero attached hydrogens (tertiary/aromatic N) is 3. The van der Waals surface area contributed by atoms with Crippen LogP contribution in [-0.4, -0.2) is 19.9 Å². The molecular weight excluding hydrogens is 481 g/mol. The first-order valence-electron chi connectivity index (χ1n) is 11.0. The first-order valence-corrected chi connectivity index (χ1v) is 11.7. The van der Waals surface area contributed by atoms with E-state index in [0.29, 0.717) is 34.7 Å². The lowest BCUT2D eigenvalue weighted by molar-refractivity contribution is 0.306. The standard InChI is InChI=1S/C27H21Cl2N5O/c28-22-10-5-11-23(29)21(22)15-26-31-16-25(33-26)24-12-13-30-27(34-24)32-19-8-4-9-20(14-19)35-17-18-6-2-1-3-7-18/h1-14,16H,15,17H2,(H,31,33)(H,30,32,34). The van der Waals surface area contributed by atoms with E-state index in [4.69, 9.17) is 27.9 Å². The van der Waals surface area contributed by atoms with Crippen LogP contribution >= 0.6 is 23.2 Å². The Morgan fingerprint density at radius 2 is 1.66 bits per heavy atom. The molecule has 2 aromatic heterocycles. The summed E-state index contributed by atoms with van der Waals surface area (Å²) in [5.74, 6) is 1.96. The number of halogens is 2. The topological polar surface area (TPSA) is 75.7 Å². The molecule has 0 radical (unpaired) electrons. The van der Waals surface area contributed by atoms with Crippen LogP contribution in [0, 0.1) is 0 Å². The Balaban J connectivity index is 1.28. The number of H-pyrrole nitrogens is 1. The van der Waals surface area contributed by atoms with Gasteiger partial charge < -0.3 is 15.0 Å². The highest BCUT2D eigenvalue weighted by molar-refractivity contribution is 6.36. The molecule has 6 nitrogen and oxygen atoms in total. The lowest BCUT2D eigenvalue weighted by Gasteiger charge is -2.09. The fraction of sp³-hybridized carbons (Fsp3) is 0.0741. The third-order valence-electron chi connectivity index (χ3n) is 5.30. The van der Waals surface area contributed by atoms with Gasteiger partial charge in [-0.15, -0.1) is 0 Å². The van der Waals surface area contributed by atoms with Crippen LogP contribution in [0.25, 0.3) is 11.4 Å². The summed E-state index contributed by atoms with van der Waals surface area (Å²) in [6, 6.07) is 25.0. The number of imidazole rings is 1. The molecule has 0 amide bonds. The Morgan fingerprint density at radius 1 is 0.857 bits per heavy atom. The normalized spacial score (nSPS) is 10.8. The van der Waals surface area contributed by atoms with Crippen molar-refractivity contribution in [2.45, 2.75) is 13.0 Å². The van der Waals surface area contributed by atoms with E-state index in [1.807, 2.05) is 78.9 Å². The average Bonchev–Trinajstić information content (AvgIpc) is 3.35. The minimum absolute atomic E-state index is 0.466. The molecule has 0 aliphatic carbocycles. The second kappa shape index (κ2) is 10.6. The smallest absolute Gasteiger partial charge is 0.227 e. The van der Waals surface area contributed by atoms with E-state index >= 15 is 0 Å². The maximum Gasteiger partial charge on any atom is 0.227 e. The molecule has 0 spiro atoms. The summed E-state index contributed by atoms with van der Waals surface area (Å²) in [6.45, 7) is 0.498. The molecule has 0 aliphatic heterocycles. The lowest BCUT2D eigenvalue weighted by atomic mass is 10.1. The van der Waals surface area contributed by atoms with Crippen LogP contribution < -0.4 is 10.1 Å². The molecular formula is C27H21Cl2N5O. The number of ether oxygens (including phenoxy) is 1. The maximum atomic E-state index is 6.30. The van der Waals surface area contributed by atoms with Crippen molar-refractivity contribution in [3.8, 4) is 17.1 Å². The van der Waals surface area contributed by atoms with Crippen molar-refractivity contribution in [2.75, 3.05) is 5.32 Å². The summed E-state index contributed by atoms with van der Waals surface area (Å²) < 4.78 is 5.92. The molecule has 35 heavy (non-hydrogen) atoms. The minimum atomic E-state index is 0.466. The van der Waals surface area contributed by atoms with Crippen molar-refractivity contribution >= 4 is 34.8 Å². The molecule has 0 saturated heterocycles. The Kier molecular flexibility index (Phi) is 6.93. The van der Waals surface area contributed by atoms with Crippen LogP contribution in [0.4, 0.5) is 11.6 Å². The summed E-state index contributed by atoms with van der Waals surface area (Å²) in [5.41, 5.74) is 4.25. The Morgan fingerprint density at radius 3 is 2.49 bits per heavy atom. The maximum absolute atomic E-state index is 6.30. The first kappa shape index (κ1) is 22.9. The fourth-order valence-corrected chi connectivity index (χ4v) is 4.08. The van der Waals surface area contributed by atoms with Crippen LogP contribution in [0.15, 0.2) is 91.3 Å². The second-order valence-corrected chi connectivity index (χ2v) is 8.63. The lowest BCUT2D eigenvalue weighted by Crippen LogP contribution is -1.99. The number of hydrogen-bond donors (Lipinski definition) is 2. The first-order chi connectivity index (χ1) is 17.1. The van der Waals surface area contributed by atoms with E-state index in [1.54, 1.807) is 12.4 Å². The molecule has 0 aliphatic rings. The number of rotatable bonds is 8. The predicted octanol–water partition coefficient (Wildman–Crippen LogP) is 7.09. The fourth-order valence-electron chi connectivity index (χ4n) is 3.55. The van der Waals surface area contributed by atoms with Crippen LogP contribution in [0.2, 0.25) is 10.0 Å². The zero-order valence-corrected chi connectivity index (χ0v) is 20.1. The summed E-state index contributed by atoms with van der Waals surface area (Å²) in [6.07, 6.45) is 3.93. The summed E-state index contributed by atoms with van der Waals surface area (Å²) in [4.78, 5) is 16.7. The molecule has 2 N–H and O–H groups in total. The van der Waals surface area contributed by atoms with Gasteiger partial charge in [0.15, 0.2) is 0 Å². The number of aromatic amines is 1. The van der Waals surface area contributed by atoms with Crippen molar-refractivity contribution in [2.24, 2.45) is 0 Å². The van der Waals surface area contributed by atoms with Gasteiger partial charge in [0.25, 0.3) is 0 Å². The van der Waals surface area contributed by atoms with Gasteiger partial charge in [-0.25, -0.2) is 15.0 Å². The molecule has 2 heterocycles. The largest absolute Gasteiger partial charge is 0.489 e. The SMILES string of the molecule is Clc1cccc(Cl)c1Cc1ncc(-c2ccnc(Nc3cccc(OCc4ccccc4)c3)n2)[nH]1. The number of hydrogen-bond acceptors (Lipinski definition) is 5. The van der Waals surface area contributed by atoms with Gasteiger partial charge in [0.2, 0.25) is 5.95 Å². The quantitative estimate of drug-likeness (QED) is 0.237. The predicted molar refractivity (Wildman–Crippen MR) is 139 cm³/mol. The summed E-state index contributed by atoms with van der Waals surface area (Å²) in [5, 5.41) is 4.46. The number of nitrogens with one attached hydrogen (secondary N) is 2. The molecule has 0 unspecified atom stereocenters. The molecule has 5 aromatic rings. The van der Waals surface area contributed by atoms with Crippen molar-refractivity contribution < 1.29 is 4.74 Å². The van der Waals surface area contributed by atoms with Crippen molar-refractivity contribution in [3.05, 3.63) is 118 Å². The monoisotopic (exact) mass is 501 g/mol. The van der Waals surface area contributed by atoms with E-state index in [1.165, 1.54) is 0 Å². The molecule has 0 fully saturated rings. The molecule has 0 atom stereocenters. The van der Waals surface area contributed by atoms with Gasteiger partial charge in [0.1, 0.15) is 18.2 Å². The molecule has 8 heteroatoms. The molecule has 174 valence electrons. The van der Waals surface area contributed by atoms with Gasteiger partial charge in [0, 0.05) is 34.4 Å². The Bertz CT molecular complexity index is 1420. The molecule has 0 bridgehead atoms. The van der Waals surface area contributed by atoms with Crippen molar-refractivity contribution in [1.29, 1.82) is 0 Å². The number of aromatic nitrogens is 4.